The van der Waals surface area contributed by atoms with Crippen LogP contribution >= 0.6 is 0 Å². The lowest BCUT2D eigenvalue weighted by molar-refractivity contribution is 0.0100. The highest BCUT2D eigenvalue weighted by Gasteiger charge is 2.19. The van der Waals surface area contributed by atoms with Gasteiger partial charge in [-0.2, -0.15) is 0 Å². The first-order chi connectivity index (χ1) is 7.50. The summed E-state index contributed by atoms with van der Waals surface area (Å²) in [5, 5.41) is 3.61. The third-order valence-electron chi connectivity index (χ3n) is 3.73. The Kier molecular flexibility index (Phi) is 5.77. The fraction of sp³-hybridized carbons (Fsp3) is 1.00. The molecule has 96 valence electrons. The van der Waals surface area contributed by atoms with E-state index in [2.05, 4.69) is 33.0 Å². The Morgan fingerprint density at radius 2 is 2.06 bits per heavy atom. The molecular weight excluding hydrogens is 198 g/mol. The van der Waals surface area contributed by atoms with Crippen LogP contribution in [0.25, 0.3) is 0 Å². The van der Waals surface area contributed by atoms with Gasteiger partial charge in [-0.15, -0.1) is 0 Å². The van der Waals surface area contributed by atoms with Gasteiger partial charge in [-0.1, -0.05) is 20.8 Å². The molecule has 1 heterocycles. The summed E-state index contributed by atoms with van der Waals surface area (Å²) in [5.74, 6) is 0. The molecule has 1 aliphatic rings. The molecule has 0 amide bonds. The maximum Gasteiger partial charge on any atom is 0.0575 e. The van der Waals surface area contributed by atoms with Crippen LogP contribution in [0.2, 0.25) is 0 Å². The molecule has 16 heavy (non-hydrogen) atoms. The second-order valence-electron chi connectivity index (χ2n) is 6.17. The van der Waals surface area contributed by atoms with Gasteiger partial charge in [0.2, 0.25) is 0 Å². The molecule has 0 aromatic carbocycles. The summed E-state index contributed by atoms with van der Waals surface area (Å²) in [6, 6.07) is 0.583. The summed E-state index contributed by atoms with van der Waals surface area (Å²) < 4.78 is 5.72. The van der Waals surface area contributed by atoms with Crippen LogP contribution in [0.15, 0.2) is 0 Å². The van der Waals surface area contributed by atoms with Crippen molar-refractivity contribution in [2.45, 2.75) is 71.9 Å². The topological polar surface area (TPSA) is 21.3 Å². The van der Waals surface area contributed by atoms with Crippen molar-refractivity contribution in [3.05, 3.63) is 0 Å². The van der Waals surface area contributed by atoms with Crippen LogP contribution in [0.4, 0.5) is 0 Å². The number of ether oxygens (including phenoxy) is 1. The summed E-state index contributed by atoms with van der Waals surface area (Å²) in [5.41, 5.74) is 0.362. The summed E-state index contributed by atoms with van der Waals surface area (Å²) >= 11 is 0. The molecule has 0 aromatic rings. The molecule has 2 unspecified atom stereocenters. The minimum Gasteiger partial charge on any atom is -0.378 e. The third-order valence-corrected chi connectivity index (χ3v) is 3.73. The van der Waals surface area contributed by atoms with Gasteiger partial charge < -0.3 is 10.1 Å². The molecular formula is C14H29NO. The van der Waals surface area contributed by atoms with Gasteiger partial charge in [0.25, 0.3) is 0 Å². The lowest BCUT2D eigenvalue weighted by Crippen LogP contribution is -2.38. The van der Waals surface area contributed by atoms with Gasteiger partial charge in [0.05, 0.1) is 6.10 Å². The minimum atomic E-state index is 0.362. The molecule has 1 aliphatic heterocycles. The predicted octanol–water partition coefficient (Wildman–Crippen LogP) is 3.36. The highest BCUT2D eigenvalue weighted by atomic mass is 16.5. The number of hydrogen-bond donors (Lipinski definition) is 1. The Balaban J connectivity index is 2.02. The molecule has 1 rings (SSSR count). The van der Waals surface area contributed by atoms with Gasteiger partial charge in [-0.3, -0.25) is 0 Å². The van der Waals surface area contributed by atoms with Crippen molar-refractivity contribution in [3.8, 4) is 0 Å². The standard InChI is InChI=1S/C14H29NO/c1-12(14(2,3)4)15-10-7-9-13-8-5-6-11-16-13/h12-13,15H,5-11H2,1-4H3. The molecule has 2 nitrogen and oxygen atoms in total. The van der Waals surface area contributed by atoms with Gasteiger partial charge >= 0.3 is 0 Å². The summed E-state index contributed by atoms with van der Waals surface area (Å²) in [6.45, 7) is 11.2. The first kappa shape index (κ1) is 14.0. The van der Waals surface area contributed by atoms with Crippen molar-refractivity contribution in [2.24, 2.45) is 5.41 Å². The largest absolute Gasteiger partial charge is 0.378 e. The van der Waals surface area contributed by atoms with Crippen LogP contribution in [0.1, 0.15) is 59.8 Å². The van der Waals surface area contributed by atoms with Gasteiger partial charge in [-0.25, -0.2) is 0 Å². The maximum atomic E-state index is 5.72. The smallest absolute Gasteiger partial charge is 0.0575 e. The van der Waals surface area contributed by atoms with E-state index in [0.29, 0.717) is 17.6 Å². The molecule has 0 bridgehead atoms. The molecule has 0 spiro atoms. The third kappa shape index (κ3) is 5.31. The molecule has 0 radical (unpaired) electrons. The van der Waals surface area contributed by atoms with Gasteiger partial charge in [0.15, 0.2) is 0 Å². The minimum absolute atomic E-state index is 0.362. The lowest BCUT2D eigenvalue weighted by Gasteiger charge is -2.28. The van der Waals surface area contributed by atoms with E-state index in [1.165, 1.54) is 32.1 Å². The second kappa shape index (κ2) is 6.61. The fourth-order valence-corrected chi connectivity index (χ4v) is 1.99. The van der Waals surface area contributed by atoms with Crippen molar-refractivity contribution in [1.82, 2.24) is 5.32 Å². The normalized spacial score (nSPS) is 24.4. The zero-order valence-electron chi connectivity index (χ0n) is 11.5. The molecule has 1 saturated heterocycles. The predicted molar refractivity (Wildman–Crippen MR) is 69.7 cm³/mol. The first-order valence-corrected chi connectivity index (χ1v) is 6.85. The van der Waals surface area contributed by atoms with Crippen LogP contribution in [-0.2, 0) is 4.74 Å². The summed E-state index contributed by atoms with van der Waals surface area (Å²) in [7, 11) is 0. The molecule has 2 heteroatoms. The highest BCUT2D eigenvalue weighted by Crippen LogP contribution is 2.19. The van der Waals surface area contributed by atoms with Crippen LogP contribution in [0, 0.1) is 5.41 Å². The number of nitrogens with one attached hydrogen (secondary N) is 1. The van der Waals surface area contributed by atoms with Crippen molar-refractivity contribution < 1.29 is 4.74 Å². The van der Waals surface area contributed by atoms with E-state index in [4.69, 9.17) is 4.74 Å². The fourth-order valence-electron chi connectivity index (χ4n) is 1.99. The van der Waals surface area contributed by atoms with E-state index in [9.17, 15) is 0 Å². The Hall–Kier alpha value is -0.0800. The molecule has 1 N–H and O–H groups in total. The Morgan fingerprint density at radius 1 is 1.31 bits per heavy atom. The van der Waals surface area contributed by atoms with E-state index in [1.54, 1.807) is 0 Å². The highest BCUT2D eigenvalue weighted by molar-refractivity contribution is 4.76. The van der Waals surface area contributed by atoms with E-state index < -0.39 is 0 Å². The van der Waals surface area contributed by atoms with Crippen molar-refractivity contribution in [1.29, 1.82) is 0 Å². The zero-order valence-corrected chi connectivity index (χ0v) is 11.5. The molecule has 0 saturated carbocycles. The Bertz CT molecular complexity index is 180. The van der Waals surface area contributed by atoms with E-state index in [-0.39, 0.29) is 0 Å². The van der Waals surface area contributed by atoms with Gasteiger partial charge in [0, 0.05) is 12.6 Å². The van der Waals surface area contributed by atoms with E-state index >= 15 is 0 Å². The van der Waals surface area contributed by atoms with Crippen LogP contribution in [0.3, 0.4) is 0 Å². The van der Waals surface area contributed by atoms with Gasteiger partial charge in [0.1, 0.15) is 0 Å². The number of hydrogen-bond acceptors (Lipinski definition) is 2. The molecule has 0 aliphatic carbocycles. The lowest BCUT2D eigenvalue weighted by atomic mass is 9.88. The Labute approximate surface area is 101 Å². The molecule has 2 atom stereocenters. The summed E-state index contributed by atoms with van der Waals surface area (Å²) in [6.07, 6.45) is 6.90. The van der Waals surface area contributed by atoms with Crippen molar-refractivity contribution in [3.63, 3.8) is 0 Å². The zero-order chi connectivity index (χ0) is 12.0. The number of rotatable bonds is 5. The second-order valence-corrected chi connectivity index (χ2v) is 6.17. The molecule has 0 aromatic heterocycles. The maximum absolute atomic E-state index is 5.72. The van der Waals surface area contributed by atoms with Crippen molar-refractivity contribution in [2.75, 3.05) is 13.2 Å². The SMILES string of the molecule is CC(NCCCC1CCCCO1)C(C)(C)C. The monoisotopic (exact) mass is 227 g/mol. The van der Waals surface area contributed by atoms with Gasteiger partial charge in [-0.05, 0) is 51.0 Å². The Morgan fingerprint density at radius 3 is 2.62 bits per heavy atom. The van der Waals surface area contributed by atoms with Crippen LogP contribution < -0.4 is 5.32 Å². The van der Waals surface area contributed by atoms with Crippen LogP contribution in [-0.4, -0.2) is 25.3 Å². The van der Waals surface area contributed by atoms with E-state index in [0.717, 1.165) is 13.2 Å². The quantitative estimate of drug-likeness (QED) is 0.727. The van der Waals surface area contributed by atoms with Crippen LogP contribution in [0.5, 0.6) is 0 Å². The first-order valence-electron chi connectivity index (χ1n) is 6.85. The van der Waals surface area contributed by atoms with Crippen molar-refractivity contribution >= 4 is 0 Å². The molecule has 1 fully saturated rings. The van der Waals surface area contributed by atoms with E-state index in [1.807, 2.05) is 0 Å². The average Bonchev–Trinajstić information content (AvgIpc) is 2.24. The average molecular weight is 227 g/mol. The summed E-state index contributed by atoms with van der Waals surface area (Å²) in [4.78, 5) is 0.